The first-order chi connectivity index (χ1) is 7.85. The molecule has 1 aliphatic rings. The van der Waals surface area contributed by atoms with Crippen molar-refractivity contribution in [2.75, 3.05) is 13.7 Å². The van der Waals surface area contributed by atoms with Crippen LogP contribution in [-0.2, 0) is 11.3 Å². The zero-order valence-corrected chi connectivity index (χ0v) is 10.1. The highest BCUT2D eigenvalue weighted by Crippen LogP contribution is 2.20. The third-order valence-corrected chi connectivity index (χ3v) is 3.12. The summed E-state index contributed by atoms with van der Waals surface area (Å²) in [5, 5.41) is 3.52. The molecule has 1 saturated carbocycles. The first-order valence-corrected chi connectivity index (χ1v) is 6.08. The molecule has 1 aromatic rings. The van der Waals surface area contributed by atoms with E-state index in [1.165, 1.54) is 18.5 Å². The van der Waals surface area contributed by atoms with Gasteiger partial charge in [0.1, 0.15) is 0 Å². The number of methoxy groups -OCH3 is 1. The molecule has 1 aliphatic carbocycles. The van der Waals surface area contributed by atoms with Gasteiger partial charge in [-0.25, -0.2) is 4.98 Å². The van der Waals surface area contributed by atoms with Crippen LogP contribution in [-0.4, -0.2) is 29.3 Å². The van der Waals surface area contributed by atoms with Crippen molar-refractivity contribution in [3.05, 3.63) is 18.2 Å². The standard InChI is InChI=1S/C12H21N3O/c1-3-11(8-16-2)15-9-13-6-12(15)7-14-10-4-5-10/h6,9-11,14H,3-5,7-8H2,1-2H3. The Bertz CT molecular complexity index is 320. The number of hydrogen-bond donors (Lipinski definition) is 1. The van der Waals surface area contributed by atoms with Crippen molar-refractivity contribution in [1.82, 2.24) is 14.9 Å². The molecule has 0 radical (unpaired) electrons. The van der Waals surface area contributed by atoms with E-state index in [1.807, 2.05) is 12.5 Å². The summed E-state index contributed by atoms with van der Waals surface area (Å²) in [5.74, 6) is 0. The predicted molar refractivity (Wildman–Crippen MR) is 63.3 cm³/mol. The van der Waals surface area contributed by atoms with Gasteiger partial charge >= 0.3 is 0 Å². The maximum atomic E-state index is 5.24. The molecule has 4 nitrogen and oxygen atoms in total. The van der Waals surface area contributed by atoms with Crippen LogP contribution in [0.15, 0.2) is 12.5 Å². The van der Waals surface area contributed by atoms with E-state index in [9.17, 15) is 0 Å². The maximum Gasteiger partial charge on any atom is 0.0952 e. The molecule has 16 heavy (non-hydrogen) atoms. The molecule has 1 atom stereocenters. The number of nitrogens with one attached hydrogen (secondary N) is 1. The van der Waals surface area contributed by atoms with E-state index in [2.05, 4.69) is 21.8 Å². The van der Waals surface area contributed by atoms with E-state index in [4.69, 9.17) is 4.74 Å². The maximum absolute atomic E-state index is 5.24. The molecule has 0 bridgehead atoms. The van der Waals surface area contributed by atoms with Crippen LogP contribution < -0.4 is 5.32 Å². The molecular weight excluding hydrogens is 202 g/mol. The molecule has 0 amide bonds. The van der Waals surface area contributed by atoms with Crippen LogP contribution in [0.4, 0.5) is 0 Å². The lowest BCUT2D eigenvalue weighted by molar-refractivity contribution is 0.151. The van der Waals surface area contributed by atoms with E-state index in [1.54, 1.807) is 7.11 Å². The molecule has 0 saturated heterocycles. The summed E-state index contributed by atoms with van der Waals surface area (Å²) in [4.78, 5) is 4.24. The summed E-state index contributed by atoms with van der Waals surface area (Å²) < 4.78 is 7.48. The molecule has 90 valence electrons. The first kappa shape index (κ1) is 11.6. The summed E-state index contributed by atoms with van der Waals surface area (Å²) in [6, 6.07) is 1.15. The SMILES string of the molecule is CCC(COC)n1cncc1CNC1CC1. The van der Waals surface area contributed by atoms with Crippen molar-refractivity contribution in [2.45, 2.75) is 44.8 Å². The van der Waals surface area contributed by atoms with Crippen molar-refractivity contribution in [2.24, 2.45) is 0 Å². The second-order valence-corrected chi connectivity index (χ2v) is 4.46. The van der Waals surface area contributed by atoms with E-state index in [-0.39, 0.29) is 0 Å². The van der Waals surface area contributed by atoms with Gasteiger partial charge in [-0.2, -0.15) is 0 Å². The Hall–Kier alpha value is -0.870. The minimum atomic E-state index is 0.406. The van der Waals surface area contributed by atoms with Crippen LogP contribution in [0.25, 0.3) is 0 Å². The summed E-state index contributed by atoms with van der Waals surface area (Å²) in [7, 11) is 1.75. The molecule has 1 unspecified atom stereocenters. The Morgan fingerprint density at radius 3 is 3.06 bits per heavy atom. The number of hydrogen-bond acceptors (Lipinski definition) is 3. The van der Waals surface area contributed by atoms with Crippen LogP contribution in [0.5, 0.6) is 0 Å². The average molecular weight is 223 g/mol. The lowest BCUT2D eigenvalue weighted by atomic mass is 10.2. The highest BCUT2D eigenvalue weighted by Gasteiger charge is 2.21. The molecule has 0 aliphatic heterocycles. The van der Waals surface area contributed by atoms with Gasteiger partial charge in [-0.05, 0) is 19.3 Å². The lowest BCUT2D eigenvalue weighted by Gasteiger charge is -2.18. The van der Waals surface area contributed by atoms with Crippen molar-refractivity contribution in [1.29, 1.82) is 0 Å². The normalized spacial score (nSPS) is 17.6. The summed E-state index contributed by atoms with van der Waals surface area (Å²) in [5.41, 5.74) is 1.26. The topological polar surface area (TPSA) is 39.1 Å². The Kier molecular flexibility index (Phi) is 3.96. The van der Waals surface area contributed by atoms with Crippen LogP contribution >= 0.6 is 0 Å². The minimum absolute atomic E-state index is 0.406. The molecule has 1 heterocycles. The number of ether oxygens (including phenoxy) is 1. The zero-order valence-electron chi connectivity index (χ0n) is 10.1. The van der Waals surface area contributed by atoms with Gasteiger partial charge in [0.2, 0.25) is 0 Å². The van der Waals surface area contributed by atoms with Gasteiger partial charge < -0.3 is 14.6 Å². The van der Waals surface area contributed by atoms with Crippen molar-refractivity contribution in [3.8, 4) is 0 Å². The van der Waals surface area contributed by atoms with Gasteiger partial charge in [-0.15, -0.1) is 0 Å². The van der Waals surface area contributed by atoms with Crippen molar-refractivity contribution in [3.63, 3.8) is 0 Å². The molecule has 0 aromatic carbocycles. The smallest absolute Gasteiger partial charge is 0.0952 e. The van der Waals surface area contributed by atoms with Gasteiger partial charge in [0.05, 0.1) is 24.7 Å². The fraction of sp³-hybridized carbons (Fsp3) is 0.750. The molecule has 1 N–H and O–H groups in total. The second-order valence-electron chi connectivity index (χ2n) is 4.46. The van der Waals surface area contributed by atoms with Gasteiger partial charge in [-0.3, -0.25) is 0 Å². The Balaban J connectivity index is 1.97. The Morgan fingerprint density at radius 2 is 2.44 bits per heavy atom. The first-order valence-electron chi connectivity index (χ1n) is 6.08. The van der Waals surface area contributed by atoms with E-state index in [0.29, 0.717) is 6.04 Å². The van der Waals surface area contributed by atoms with E-state index < -0.39 is 0 Å². The summed E-state index contributed by atoms with van der Waals surface area (Å²) in [6.45, 7) is 3.86. The second kappa shape index (κ2) is 5.46. The molecule has 1 aromatic heterocycles. The van der Waals surface area contributed by atoms with Crippen molar-refractivity contribution < 1.29 is 4.74 Å². The molecule has 2 rings (SSSR count). The Labute approximate surface area is 97.0 Å². The molecule has 1 fully saturated rings. The predicted octanol–water partition coefficient (Wildman–Crippen LogP) is 1.73. The third-order valence-electron chi connectivity index (χ3n) is 3.12. The fourth-order valence-electron chi connectivity index (χ4n) is 1.92. The van der Waals surface area contributed by atoms with Crippen LogP contribution in [0, 0.1) is 0 Å². The molecular formula is C12H21N3O. The molecule has 4 heteroatoms. The van der Waals surface area contributed by atoms with E-state index in [0.717, 1.165) is 25.6 Å². The number of rotatable bonds is 7. The minimum Gasteiger partial charge on any atom is -0.383 e. The lowest BCUT2D eigenvalue weighted by Crippen LogP contribution is -2.21. The number of imidazole rings is 1. The van der Waals surface area contributed by atoms with E-state index >= 15 is 0 Å². The summed E-state index contributed by atoms with van der Waals surface area (Å²) >= 11 is 0. The molecule has 0 spiro atoms. The van der Waals surface area contributed by atoms with Crippen LogP contribution in [0.3, 0.4) is 0 Å². The monoisotopic (exact) mass is 223 g/mol. The fourth-order valence-corrected chi connectivity index (χ4v) is 1.92. The van der Waals surface area contributed by atoms with Crippen molar-refractivity contribution >= 4 is 0 Å². The van der Waals surface area contributed by atoms with Gasteiger partial charge in [0, 0.05) is 25.9 Å². The summed E-state index contributed by atoms with van der Waals surface area (Å²) in [6.07, 6.45) is 7.58. The van der Waals surface area contributed by atoms with Gasteiger partial charge in [0.15, 0.2) is 0 Å². The van der Waals surface area contributed by atoms with Gasteiger partial charge in [0.25, 0.3) is 0 Å². The highest BCUT2D eigenvalue weighted by molar-refractivity contribution is 5.01. The average Bonchev–Trinajstić information content (AvgIpc) is 3.02. The third kappa shape index (κ3) is 2.83. The Morgan fingerprint density at radius 1 is 1.62 bits per heavy atom. The van der Waals surface area contributed by atoms with Crippen LogP contribution in [0.2, 0.25) is 0 Å². The van der Waals surface area contributed by atoms with Crippen LogP contribution in [0.1, 0.15) is 37.9 Å². The number of nitrogens with zero attached hydrogens (tertiary/aromatic N) is 2. The number of aromatic nitrogens is 2. The zero-order chi connectivity index (χ0) is 11.4. The highest BCUT2D eigenvalue weighted by atomic mass is 16.5. The largest absolute Gasteiger partial charge is 0.383 e. The van der Waals surface area contributed by atoms with Gasteiger partial charge in [-0.1, -0.05) is 6.92 Å². The quantitative estimate of drug-likeness (QED) is 0.765.